The first kappa shape index (κ1) is 15.7. The zero-order valence-electron chi connectivity index (χ0n) is 12.2. The van der Waals surface area contributed by atoms with Gasteiger partial charge in [0.1, 0.15) is 0 Å². The Morgan fingerprint density at radius 1 is 0.952 bits per heavy atom. The Bertz CT molecular complexity index is 697. The average molecular weight is 304 g/mol. The quantitative estimate of drug-likeness (QED) is 0.892. The molecule has 2 aromatic carbocycles. The second kappa shape index (κ2) is 6.39. The van der Waals surface area contributed by atoms with Crippen LogP contribution in [-0.2, 0) is 10.0 Å². The van der Waals surface area contributed by atoms with Crippen molar-refractivity contribution in [2.24, 2.45) is 5.73 Å². The minimum absolute atomic E-state index is 0.202. The molecule has 4 nitrogen and oxygen atoms in total. The van der Waals surface area contributed by atoms with Crippen molar-refractivity contribution >= 4 is 10.0 Å². The summed E-state index contributed by atoms with van der Waals surface area (Å²) in [4.78, 5) is 0.236. The van der Waals surface area contributed by atoms with E-state index in [1.54, 1.807) is 18.2 Å². The van der Waals surface area contributed by atoms with Crippen molar-refractivity contribution in [3.05, 3.63) is 65.7 Å². The largest absolute Gasteiger partial charge is 0.324 e. The predicted molar refractivity (Wildman–Crippen MR) is 84.2 cm³/mol. The Hall–Kier alpha value is -1.69. The third kappa shape index (κ3) is 3.91. The lowest BCUT2D eigenvalue weighted by Gasteiger charge is -2.15. The first-order valence-corrected chi connectivity index (χ1v) is 8.31. The lowest BCUT2D eigenvalue weighted by molar-refractivity contribution is 0.566. The van der Waals surface area contributed by atoms with Crippen LogP contribution in [0.3, 0.4) is 0 Å². The van der Waals surface area contributed by atoms with Crippen molar-refractivity contribution in [1.29, 1.82) is 0 Å². The van der Waals surface area contributed by atoms with Crippen molar-refractivity contribution in [1.82, 2.24) is 4.72 Å². The van der Waals surface area contributed by atoms with Crippen LogP contribution in [-0.4, -0.2) is 8.42 Å². The van der Waals surface area contributed by atoms with E-state index in [9.17, 15) is 8.42 Å². The number of hydrogen-bond donors (Lipinski definition) is 2. The van der Waals surface area contributed by atoms with Crippen LogP contribution >= 0.6 is 0 Å². The Morgan fingerprint density at radius 2 is 1.57 bits per heavy atom. The summed E-state index contributed by atoms with van der Waals surface area (Å²) in [7, 11) is -3.57. The van der Waals surface area contributed by atoms with E-state index in [0.717, 1.165) is 11.1 Å². The lowest BCUT2D eigenvalue weighted by Crippen LogP contribution is -2.27. The van der Waals surface area contributed by atoms with Gasteiger partial charge in [0.2, 0.25) is 10.0 Å². The molecule has 21 heavy (non-hydrogen) atoms. The maximum absolute atomic E-state index is 12.4. The summed E-state index contributed by atoms with van der Waals surface area (Å²) < 4.78 is 27.6. The summed E-state index contributed by atoms with van der Waals surface area (Å²) in [5.41, 5.74) is 7.52. The van der Waals surface area contributed by atoms with Gasteiger partial charge < -0.3 is 5.73 Å². The highest BCUT2D eigenvalue weighted by atomic mass is 32.2. The van der Waals surface area contributed by atoms with Gasteiger partial charge in [-0.2, -0.15) is 0 Å². The third-order valence-corrected chi connectivity index (χ3v) is 4.86. The van der Waals surface area contributed by atoms with Gasteiger partial charge in [0, 0.05) is 12.1 Å². The molecule has 0 saturated carbocycles. The molecule has 0 aliphatic carbocycles. The number of benzene rings is 2. The van der Waals surface area contributed by atoms with Gasteiger partial charge >= 0.3 is 0 Å². The average Bonchev–Trinajstić information content (AvgIpc) is 2.48. The molecule has 0 amide bonds. The fraction of sp³-hybridized carbons (Fsp3) is 0.250. The summed E-state index contributed by atoms with van der Waals surface area (Å²) in [6.45, 7) is 3.65. The summed E-state index contributed by atoms with van der Waals surface area (Å²) in [5.74, 6) is 0. The van der Waals surface area contributed by atoms with Crippen molar-refractivity contribution in [2.45, 2.75) is 30.8 Å². The second-order valence-electron chi connectivity index (χ2n) is 5.11. The first-order chi connectivity index (χ1) is 9.90. The number of hydrogen-bond acceptors (Lipinski definition) is 3. The highest BCUT2D eigenvalue weighted by Gasteiger charge is 2.18. The molecule has 0 heterocycles. The summed E-state index contributed by atoms with van der Waals surface area (Å²) >= 11 is 0. The molecule has 3 N–H and O–H groups in total. The van der Waals surface area contributed by atoms with E-state index in [1.807, 2.05) is 50.2 Å². The molecule has 2 unspecified atom stereocenters. The Kier molecular flexibility index (Phi) is 4.77. The van der Waals surface area contributed by atoms with Crippen LogP contribution in [0.5, 0.6) is 0 Å². The molecule has 0 aliphatic rings. The predicted octanol–water partition coefficient (Wildman–Crippen LogP) is 2.75. The van der Waals surface area contributed by atoms with Crippen LogP contribution in [0.4, 0.5) is 0 Å². The van der Waals surface area contributed by atoms with Crippen LogP contribution in [0.2, 0.25) is 0 Å². The molecule has 5 heteroatoms. The molecular weight excluding hydrogens is 284 g/mol. The van der Waals surface area contributed by atoms with Crippen molar-refractivity contribution in [2.75, 3.05) is 0 Å². The highest BCUT2D eigenvalue weighted by Crippen LogP contribution is 2.19. The number of nitrogens with two attached hydrogens (primary N) is 1. The van der Waals surface area contributed by atoms with E-state index in [-0.39, 0.29) is 17.0 Å². The monoisotopic (exact) mass is 304 g/mol. The molecule has 0 saturated heterocycles. The minimum Gasteiger partial charge on any atom is -0.324 e. The normalized spacial score (nSPS) is 14.6. The molecule has 0 bridgehead atoms. The molecule has 0 fully saturated rings. The van der Waals surface area contributed by atoms with Gasteiger partial charge in [-0.05, 0) is 37.1 Å². The van der Waals surface area contributed by atoms with Gasteiger partial charge in [-0.15, -0.1) is 0 Å². The van der Waals surface area contributed by atoms with Crippen LogP contribution in [0.1, 0.15) is 37.1 Å². The van der Waals surface area contributed by atoms with Crippen LogP contribution in [0, 0.1) is 0 Å². The number of nitrogens with one attached hydrogen (secondary N) is 1. The molecule has 2 atom stereocenters. The number of rotatable bonds is 5. The fourth-order valence-electron chi connectivity index (χ4n) is 2.08. The topological polar surface area (TPSA) is 72.2 Å². The van der Waals surface area contributed by atoms with Gasteiger partial charge in [0.05, 0.1) is 4.90 Å². The van der Waals surface area contributed by atoms with Gasteiger partial charge in [0.15, 0.2) is 0 Å². The Morgan fingerprint density at radius 3 is 2.19 bits per heavy atom. The molecule has 112 valence electrons. The SMILES string of the molecule is CC(N)c1cccc(S(=O)(=O)NC(C)c2ccccc2)c1. The zero-order valence-corrected chi connectivity index (χ0v) is 13.0. The highest BCUT2D eigenvalue weighted by molar-refractivity contribution is 7.89. The summed E-state index contributed by atoms with van der Waals surface area (Å²) in [6.07, 6.45) is 0. The maximum atomic E-state index is 12.4. The van der Waals surface area contributed by atoms with E-state index >= 15 is 0 Å². The second-order valence-corrected chi connectivity index (χ2v) is 6.83. The molecule has 0 radical (unpaired) electrons. The van der Waals surface area contributed by atoms with Gasteiger partial charge in [0.25, 0.3) is 0 Å². The molecule has 2 aromatic rings. The smallest absolute Gasteiger partial charge is 0.241 e. The maximum Gasteiger partial charge on any atom is 0.241 e. The lowest BCUT2D eigenvalue weighted by atomic mass is 10.1. The Labute approximate surface area is 126 Å². The standard InChI is InChI=1S/C16H20N2O2S/c1-12(17)15-9-6-10-16(11-15)21(19,20)18-13(2)14-7-4-3-5-8-14/h3-13,18H,17H2,1-2H3. The van der Waals surface area contributed by atoms with Crippen LogP contribution < -0.4 is 10.5 Å². The van der Waals surface area contributed by atoms with E-state index in [0.29, 0.717) is 0 Å². The van der Waals surface area contributed by atoms with E-state index in [2.05, 4.69) is 4.72 Å². The first-order valence-electron chi connectivity index (χ1n) is 6.83. The molecule has 2 rings (SSSR count). The summed E-state index contributed by atoms with van der Waals surface area (Å²) in [5, 5.41) is 0. The molecule has 0 spiro atoms. The molecule has 0 aliphatic heterocycles. The third-order valence-electron chi connectivity index (χ3n) is 3.33. The van der Waals surface area contributed by atoms with Crippen molar-refractivity contribution in [3.8, 4) is 0 Å². The summed E-state index contributed by atoms with van der Waals surface area (Å²) in [6, 6.07) is 15.7. The Balaban J connectivity index is 2.24. The van der Waals surface area contributed by atoms with Gasteiger partial charge in [-0.3, -0.25) is 0 Å². The van der Waals surface area contributed by atoms with Gasteiger partial charge in [-0.1, -0.05) is 42.5 Å². The van der Waals surface area contributed by atoms with Crippen molar-refractivity contribution < 1.29 is 8.42 Å². The zero-order chi connectivity index (χ0) is 15.5. The van der Waals surface area contributed by atoms with Crippen LogP contribution in [0.15, 0.2) is 59.5 Å². The van der Waals surface area contributed by atoms with Crippen LogP contribution in [0.25, 0.3) is 0 Å². The number of sulfonamides is 1. The van der Waals surface area contributed by atoms with E-state index in [4.69, 9.17) is 5.73 Å². The molecular formula is C16H20N2O2S. The minimum atomic E-state index is -3.57. The van der Waals surface area contributed by atoms with Crippen molar-refractivity contribution in [3.63, 3.8) is 0 Å². The van der Waals surface area contributed by atoms with E-state index < -0.39 is 10.0 Å². The molecule has 0 aromatic heterocycles. The van der Waals surface area contributed by atoms with Gasteiger partial charge in [-0.25, -0.2) is 13.1 Å². The fourth-order valence-corrected chi connectivity index (χ4v) is 3.36. The van der Waals surface area contributed by atoms with E-state index in [1.165, 1.54) is 0 Å².